The third-order valence-electron chi connectivity index (χ3n) is 3.89. The lowest BCUT2D eigenvalue weighted by atomic mass is 10.1. The van der Waals surface area contributed by atoms with Crippen LogP contribution in [0.5, 0.6) is 0 Å². The predicted molar refractivity (Wildman–Crippen MR) is 80.5 cm³/mol. The number of hydrogen-bond donors (Lipinski definition) is 0. The van der Waals surface area contributed by atoms with Gasteiger partial charge in [-0.3, -0.25) is 14.6 Å². The molecule has 0 saturated heterocycles. The fraction of sp³-hybridized carbons (Fsp3) is 0.600. The van der Waals surface area contributed by atoms with Crippen LogP contribution in [-0.4, -0.2) is 24.6 Å². The minimum absolute atomic E-state index is 0.237. The van der Waals surface area contributed by atoms with Gasteiger partial charge in [0.15, 0.2) is 0 Å². The van der Waals surface area contributed by atoms with Crippen LogP contribution in [0.3, 0.4) is 0 Å². The summed E-state index contributed by atoms with van der Waals surface area (Å²) in [5, 5.41) is 11.1. The van der Waals surface area contributed by atoms with Crippen LogP contribution in [0, 0.1) is 17.0 Å². The van der Waals surface area contributed by atoms with Gasteiger partial charge in [0.25, 0.3) is 5.69 Å². The topological polar surface area (TPSA) is 43.1 Å². The number of nitro groups is 1. The average molecular weight is 265 g/mol. The summed E-state index contributed by atoms with van der Waals surface area (Å²) in [6.45, 7) is 11.4. The first kappa shape index (κ1) is 15.6. The Morgan fingerprint density at radius 1 is 1.16 bits per heavy atom. The van der Waals surface area contributed by atoms with Gasteiger partial charge in [-0.15, -0.1) is 0 Å². The molecule has 19 heavy (non-hydrogen) atoms. The van der Waals surface area contributed by atoms with Gasteiger partial charge in [-0.05, 0) is 38.8 Å². The van der Waals surface area contributed by atoms with Gasteiger partial charge in [0.2, 0.25) is 0 Å². The molecule has 0 aliphatic carbocycles. The zero-order valence-corrected chi connectivity index (χ0v) is 12.5. The molecule has 0 saturated carbocycles. The van der Waals surface area contributed by atoms with E-state index < -0.39 is 0 Å². The van der Waals surface area contributed by atoms with Crippen LogP contribution in [-0.2, 0) is 0 Å². The number of nitrogens with zero attached hydrogens (tertiary/aromatic N) is 2. The number of benzene rings is 1. The molecule has 0 amide bonds. The maximum atomic E-state index is 11.1. The van der Waals surface area contributed by atoms with Crippen molar-refractivity contribution < 1.29 is 4.92 Å². The second kappa shape index (κ2) is 6.66. The summed E-state index contributed by atoms with van der Waals surface area (Å²) in [6, 6.07) is 5.46. The molecule has 0 bridgehead atoms. The zero-order valence-electron chi connectivity index (χ0n) is 12.5. The summed E-state index contributed by atoms with van der Waals surface area (Å²) in [4.78, 5) is 10.8. The van der Waals surface area contributed by atoms with Gasteiger partial charge >= 0.3 is 0 Å². The molecule has 1 rings (SSSR count). The van der Waals surface area contributed by atoms with E-state index in [1.54, 1.807) is 6.07 Å². The summed E-state index contributed by atoms with van der Waals surface area (Å²) in [5.41, 5.74) is 2.16. The van der Waals surface area contributed by atoms with Gasteiger partial charge in [-0.2, -0.15) is 0 Å². The molecule has 0 aromatic heterocycles. The Morgan fingerprint density at radius 3 is 2.16 bits per heavy atom. The lowest BCUT2D eigenvalue weighted by Crippen LogP contribution is -2.50. The molecule has 4 nitrogen and oxygen atoms in total. The molecule has 106 valence electrons. The minimum Gasteiger partial charge on any atom is -0.291 e. The van der Waals surface area contributed by atoms with Gasteiger partial charge < -0.3 is 0 Å². The number of quaternary nitrogens is 1. The largest absolute Gasteiger partial charge is 0.291 e. The van der Waals surface area contributed by atoms with Gasteiger partial charge in [0.05, 0.1) is 30.1 Å². The van der Waals surface area contributed by atoms with E-state index in [0.29, 0.717) is 0 Å². The van der Waals surface area contributed by atoms with E-state index in [9.17, 15) is 10.1 Å². The van der Waals surface area contributed by atoms with E-state index in [4.69, 9.17) is 0 Å². The zero-order chi connectivity index (χ0) is 14.5. The monoisotopic (exact) mass is 265 g/mol. The quantitative estimate of drug-likeness (QED) is 0.424. The van der Waals surface area contributed by atoms with Crippen LogP contribution in [0.2, 0.25) is 0 Å². The molecule has 1 aromatic carbocycles. The van der Waals surface area contributed by atoms with Crippen LogP contribution in [0.4, 0.5) is 11.4 Å². The fourth-order valence-corrected chi connectivity index (χ4v) is 3.02. The Kier molecular flexibility index (Phi) is 5.48. The van der Waals surface area contributed by atoms with E-state index in [1.807, 2.05) is 13.0 Å². The molecule has 0 aliphatic rings. The molecular weight excluding hydrogens is 240 g/mol. The second-order valence-electron chi connectivity index (χ2n) is 5.09. The van der Waals surface area contributed by atoms with E-state index in [2.05, 4.69) is 26.8 Å². The first-order valence-electron chi connectivity index (χ1n) is 7.13. The first-order valence-corrected chi connectivity index (χ1v) is 7.13. The molecular formula is C15H25N2O2+. The Hall–Kier alpha value is -1.42. The van der Waals surface area contributed by atoms with Crippen molar-refractivity contribution in [2.45, 2.75) is 40.5 Å². The highest BCUT2D eigenvalue weighted by Gasteiger charge is 2.31. The summed E-state index contributed by atoms with van der Waals surface area (Å²) in [7, 11) is 0. The Bertz CT molecular complexity index is 438. The molecule has 1 aromatic rings. The smallest absolute Gasteiger partial charge is 0.278 e. The highest BCUT2D eigenvalue weighted by atomic mass is 16.6. The highest BCUT2D eigenvalue weighted by molar-refractivity contribution is 5.59. The van der Waals surface area contributed by atoms with E-state index in [-0.39, 0.29) is 10.6 Å². The summed E-state index contributed by atoms with van der Waals surface area (Å²) >= 11 is 0. The number of nitro benzene ring substituents is 1. The van der Waals surface area contributed by atoms with Crippen LogP contribution in [0.15, 0.2) is 18.2 Å². The Morgan fingerprint density at radius 2 is 1.74 bits per heavy atom. The SMILES string of the molecule is CCC[N+](CC)(CCC)c1cccc([N+](=O)[O-])c1C. The Labute approximate surface area is 115 Å². The maximum absolute atomic E-state index is 11.1. The molecule has 0 N–H and O–H groups in total. The van der Waals surface area contributed by atoms with Crippen LogP contribution < -0.4 is 4.48 Å². The minimum atomic E-state index is -0.277. The van der Waals surface area contributed by atoms with Crippen molar-refractivity contribution in [1.82, 2.24) is 4.48 Å². The lowest BCUT2D eigenvalue weighted by Gasteiger charge is -2.38. The van der Waals surface area contributed by atoms with Crippen molar-refractivity contribution in [3.8, 4) is 0 Å². The van der Waals surface area contributed by atoms with Gasteiger partial charge in [0.1, 0.15) is 5.69 Å². The van der Waals surface area contributed by atoms with E-state index >= 15 is 0 Å². The summed E-state index contributed by atoms with van der Waals surface area (Å²) in [5.74, 6) is 0. The third kappa shape index (κ3) is 3.13. The van der Waals surface area contributed by atoms with Crippen LogP contribution in [0.1, 0.15) is 39.2 Å². The normalized spacial score (nSPS) is 11.6. The predicted octanol–water partition coefficient (Wildman–Crippen LogP) is 4.05. The molecule has 0 atom stereocenters. The standard InChI is InChI=1S/C15H25N2O2/c1-5-11-17(7-3,12-6-2)15-10-8-9-14(13(15)4)16(18)19/h8-10H,5-7,11-12H2,1-4H3/q+1. The summed E-state index contributed by atoms with van der Waals surface area (Å²) in [6.07, 6.45) is 2.16. The van der Waals surface area contributed by atoms with Crippen LogP contribution in [0.25, 0.3) is 0 Å². The van der Waals surface area contributed by atoms with Crippen molar-refractivity contribution in [3.63, 3.8) is 0 Å². The molecule has 0 unspecified atom stereocenters. The van der Waals surface area contributed by atoms with Crippen molar-refractivity contribution in [1.29, 1.82) is 0 Å². The molecule has 0 spiro atoms. The number of hydrogen-bond acceptors (Lipinski definition) is 2. The first-order chi connectivity index (χ1) is 9.02. The van der Waals surface area contributed by atoms with Gasteiger partial charge in [-0.1, -0.05) is 13.8 Å². The van der Waals surface area contributed by atoms with Crippen molar-refractivity contribution >= 4 is 11.4 Å². The molecule has 0 fully saturated rings. The molecule has 0 radical (unpaired) electrons. The fourth-order valence-electron chi connectivity index (χ4n) is 3.02. The van der Waals surface area contributed by atoms with Crippen molar-refractivity contribution in [2.24, 2.45) is 0 Å². The molecule has 0 heterocycles. The van der Waals surface area contributed by atoms with Crippen LogP contribution >= 0.6 is 0 Å². The van der Waals surface area contributed by atoms with E-state index in [0.717, 1.165) is 48.2 Å². The Balaban J connectivity index is 3.37. The average Bonchev–Trinajstić information content (AvgIpc) is 2.38. The lowest BCUT2D eigenvalue weighted by molar-refractivity contribution is -0.385. The second-order valence-corrected chi connectivity index (χ2v) is 5.09. The maximum Gasteiger partial charge on any atom is 0.278 e. The van der Waals surface area contributed by atoms with Crippen molar-refractivity contribution in [2.75, 3.05) is 19.6 Å². The number of rotatable bonds is 7. The summed E-state index contributed by atoms with van der Waals surface area (Å²) < 4.78 is 0.848. The van der Waals surface area contributed by atoms with Gasteiger partial charge in [0, 0.05) is 6.07 Å². The molecule has 4 heteroatoms. The molecule has 0 aliphatic heterocycles. The highest BCUT2D eigenvalue weighted by Crippen LogP contribution is 2.33. The van der Waals surface area contributed by atoms with Crippen molar-refractivity contribution in [3.05, 3.63) is 33.9 Å². The van der Waals surface area contributed by atoms with Gasteiger partial charge in [-0.25, -0.2) is 0 Å². The third-order valence-corrected chi connectivity index (χ3v) is 3.89. The van der Waals surface area contributed by atoms with E-state index in [1.165, 1.54) is 0 Å².